The van der Waals surface area contributed by atoms with Gasteiger partial charge in [-0.2, -0.15) is 0 Å². The quantitative estimate of drug-likeness (QED) is 0.553. The van der Waals surface area contributed by atoms with Gasteiger partial charge in [0.15, 0.2) is 5.69 Å². The Labute approximate surface area is 147 Å². The molecule has 106 valence electrons. The molecule has 0 fully saturated rings. The Morgan fingerprint density at radius 3 is 2.40 bits per heavy atom. The van der Waals surface area contributed by atoms with Gasteiger partial charge < -0.3 is 5.32 Å². The van der Waals surface area contributed by atoms with Crippen LogP contribution in [0, 0.1) is 0 Å². The summed E-state index contributed by atoms with van der Waals surface area (Å²) in [6.07, 6.45) is -2.71. The molecule has 0 unspecified atom stereocenters. The number of anilines is 1. The molecule has 0 amide bonds. The molecule has 0 atom stereocenters. The van der Waals surface area contributed by atoms with Crippen molar-refractivity contribution >= 4 is 82.2 Å². The molecule has 2 aromatic rings. The van der Waals surface area contributed by atoms with E-state index < -0.39 is 12.1 Å². The summed E-state index contributed by atoms with van der Waals surface area (Å²) in [5, 5.41) is 6.31. The van der Waals surface area contributed by atoms with Crippen LogP contribution in [-0.4, -0.2) is 14.6 Å². The van der Waals surface area contributed by atoms with Crippen LogP contribution >= 0.6 is 71.5 Å². The van der Waals surface area contributed by atoms with E-state index in [0.717, 1.165) is 25.0 Å². The van der Waals surface area contributed by atoms with E-state index >= 15 is 0 Å². The number of rotatable bonds is 3. The van der Waals surface area contributed by atoms with Crippen molar-refractivity contribution in [1.82, 2.24) is 9.59 Å². The average molecular weight is 508 g/mol. The predicted molar refractivity (Wildman–Crippen MR) is 89.7 cm³/mol. The Bertz CT molecular complexity index is 640. The van der Waals surface area contributed by atoms with Gasteiger partial charge in [0, 0.05) is 13.4 Å². The fourth-order valence-corrected chi connectivity index (χ4v) is 4.67. The summed E-state index contributed by atoms with van der Waals surface area (Å²) in [5.41, 5.74) is 0.240. The molecule has 1 heterocycles. The van der Waals surface area contributed by atoms with Crippen molar-refractivity contribution < 1.29 is 8.78 Å². The van der Waals surface area contributed by atoms with Gasteiger partial charge in [0.2, 0.25) is 0 Å². The van der Waals surface area contributed by atoms with Crippen LogP contribution in [0.4, 0.5) is 14.5 Å². The Kier molecular flexibility index (Phi) is 5.57. The number of hydrogen-bond donors (Lipinski definition) is 1. The van der Waals surface area contributed by atoms with E-state index in [-0.39, 0.29) is 9.87 Å². The van der Waals surface area contributed by atoms with E-state index in [0.29, 0.717) is 5.69 Å². The third kappa shape index (κ3) is 3.59. The summed E-state index contributed by atoms with van der Waals surface area (Å²) in [6, 6.07) is 3.63. The summed E-state index contributed by atoms with van der Waals surface area (Å²) >= 11 is 16.1. The number of alkyl halides is 2. The first-order chi connectivity index (χ1) is 9.40. The minimum atomic E-state index is -2.71. The van der Waals surface area contributed by atoms with Crippen molar-refractivity contribution in [3.8, 4) is 0 Å². The molecule has 1 aromatic heterocycles. The maximum absolute atomic E-state index is 12.8. The summed E-state index contributed by atoms with van der Waals surface area (Å²) < 4.78 is 31.4. The molecule has 0 saturated heterocycles. The van der Waals surface area contributed by atoms with Gasteiger partial charge in [-0.3, -0.25) is 0 Å². The SMILES string of the molecule is FC(F)c1nnsc1C(=S)Nc1c(Br)cc(Br)cc1Br. The molecule has 20 heavy (non-hydrogen) atoms. The number of hydrogen-bond acceptors (Lipinski definition) is 4. The van der Waals surface area contributed by atoms with E-state index in [4.69, 9.17) is 12.2 Å². The smallest absolute Gasteiger partial charge is 0.283 e. The van der Waals surface area contributed by atoms with Crippen LogP contribution in [-0.2, 0) is 0 Å². The highest BCUT2D eigenvalue weighted by Gasteiger charge is 2.22. The van der Waals surface area contributed by atoms with Gasteiger partial charge in [0.1, 0.15) is 9.87 Å². The molecule has 0 aliphatic heterocycles. The number of aromatic nitrogens is 2. The van der Waals surface area contributed by atoms with E-state index in [1.165, 1.54) is 0 Å². The summed E-state index contributed by atoms with van der Waals surface area (Å²) in [7, 11) is 0. The predicted octanol–water partition coefficient (Wildman–Crippen LogP) is 5.55. The van der Waals surface area contributed by atoms with Gasteiger partial charge in [0.05, 0.1) is 5.69 Å². The van der Waals surface area contributed by atoms with Crippen molar-refractivity contribution in [3.05, 3.63) is 36.1 Å². The molecule has 2 rings (SSSR count). The summed E-state index contributed by atoms with van der Waals surface area (Å²) in [6.45, 7) is 0. The summed E-state index contributed by atoms with van der Waals surface area (Å²) in [5.74, 6) is 0. The second-order valence-corrected chi connectivity index (χ2v) is 7.27. The highest BCUT2D eigenvalue weighted by molar-refractivity contribution is 9.11. The molecule has 0 radical (unpaired) electrons. The van der Waals surface area contributed by atoms with Gasteiger partial charge in [-0.05, 0) is 55.5 Å². The molecule has 0 aliphatic rings. The van der Waals surface area contributed by atoms with Gasteiger partial charge in [-0.1, -0.05) is 32.6 Å². The van der Waals surface area contributed by atoms with Crippen molar-refractivity contribution in [3.63, 3.8) is 0 Å². The van der Waals surface area contributed by atoms with Crippen LogP contribution in [0.1, 0.15) is 17.0 Å². The Hall–Kier alpha value is -0.0300. The number of nitrogens with zero attached hydrogens (tertiary/aromatic N) is 2. The van der Waals surface area contributed by atoms with Gasteiger partial charge in [-0.25, -0.2) is 8.78 Å². The fourth-order valence-electron chi connectivity index (χ4n) is 1.33. The van der Waals surface area contributed by atoms with Gasteiger partial charge >= 0.3 is 0 Å². The largest absolute Gasteiger partial charge is 0.343 e. The third-order valence-corrected chi connectivity index (χ3v) is 5.07. The van der Waals surface area contributed by atoms with E-state index in [1.54, 1.807) is 0 Å². The van der Waals surface area contributed by atoms with Crippen LogP contribution in [0.2, 0.25) is 0 Å². The van der Waals surface area contributed by atoms with Gasteiger partial charge in [-0.15, -0.1) is 5.10 Å². The molecule has 10 heteroatoms. The van der Waals surface area contributed by atoms with Crippen molar-refractivity contribution in [2.45, 2.75) is 6.43 Å². The number of benzene rings is 1. The number of thiocarbonyl (C=S) groups is 1. The minimum absolute atomic E-state index is 0.152. The van der Waals surface area contributed by atoms with Crippen molar-refractivity contribution in [1.29, 1.82) is 0 Å². The first-order valence-electron chi connectivity index (χ1n) is 4.96. The first kappa shape index (κ1) is 16.3. The average Bonchev–Trinajstić information content (AvgIpc) is 2.82. The Morgan fingerprint density at radius 1 is 1.25 bits per heavy atom. The first-order valence-corrected chi connectivity index (χ1v) is 8.52. The lowest BCUT2D eigenvalue weighted by Crippen LogP contribution is -2.12. The summed E-state index contributed by atoms with van der Waals surface area (Å²) in [4.78, 5) is 0.316. The topological polar surface area (TPSA) is 37.8 Å². The fraction of sp³-hybridized carbons (Fsp3) is 0.100. The Morgan fingerprint density at radius 2 is 1.85 bits per heavy atom. The molecule has 1 aromatic carbocycles. The van der Waals surface area contributed by atoms with Crippen LogP contribution < -0.4 is 5.32 Å². The molecular formula is C10H4Br3F2N3S2. The standard InChI is InChI=1S/C10H4Br3F2N3S2/c11-3-1-4(12)6(5(13)2-3)16-10(19)8-7(9(14)15)17-18-20-8/h1-2,9H,(H,16,19). The van der Waals surface area contributed by atoms with Gasteiger partial charge in [0.25, 0.3) is 6.43 Å². The lowest BCUT2D eigenvalue weighted by atomic mass is 10.3. The normalized spacial score (nSPS) is 10.9. The van der Waals surface area contributed by atoms with E-state index in [1.807, 2.05) is 12.1 Å². The zero-order chi connectivity index (χ0) is 14.9. The maximum Gasteiger partial charge on any atom is 0.283 e. The lowest BCUT2D eigenvalue weighted by Gasteiger charge is -2.11. The van der Waals surface area contributed by atoms with Crippen LogP contribution in [0.5, 0.6) is 0 Å². The highest BCUT2D eigenvalue weighted by atomic mass is 79.9. The monoisotopic (exact) mass is 505 g/mol. The van der Waals surface area contributed by atoms with Crippen LogP contribution in [0.3, 0.4) is 0 Å². The molecule has 0 saturated carbocycles. The molecule has 1 N–H and O–H groups in total. The second-order valence-electron chi connectivity index (χ2n) is 3.49. The molecular weight excluding hydrogens is 504 g/mol. The maximum atomic E-state index is 12.8. The minimum Gasteiger partial charge on any atom is -0.343 e. The Balaban J connectivity index is 2.31. The van der Waals surface area contributed by atoms with Crippen LogP contribution in [0.15, 0.2) is 25.6 Å². The zero-order valence-electron chi connectivity index (χ0n) is 9.33. The van der Waals surface area contributed by atoms with E-state index in [2.05, 4.69) is 62.7 Å². The molecule has 0 aliphatic carbocycles. The van der Waals surface area contributed by atoms with Crippen molar-refractivity contribution in [2.75, 3.05) is 5.32 Å². The lowest BCUT2D eigenvalue weighted by molar-refractivity contribution is 0.146. The van der Waals surface area contributed by atoms with Crippen LogP contribution in [0.25, 0.3) is 0 Å². The number of halogens is 5. The highest BCUT2D eigenvalue weighted by Crippen LogP contribution is 2.35. The zero-order valence-corrected chi connectivity index (χ0v) is 15.7. The second kappa shape index (κ2) is 6.82. The molecule has 3 nitrogen and oxygen atoms in total. The molecule has 0 spiro atoms. The van der Waals surface area contributed by atoms with Crippen molar-refractivity contribution in [2.24, 2.45) is 0 Å². The third-order valence-electron chi connectivity index (χ3n) is 2.17. The number of nitrogens with one attached hydrogen (secondary N) is 1. The van der Waals surface area contributed by atoms with E-state index in [9.17, 15) is 8.78 Å². The molecule has 0 bridgehead atoms.